The van der Waals surface area contributed by atoms with Gasteiger partial charge in [-0.3, -0.25) is 4.79 Å². The molecule has 0 aliphatic carbocycles. The van der Waals surface area contributed by atoms with Gasteiger partial charge in [-0.05, 0) is 18.9 Å². The molecule has 1 atom stereocenters. The zero-order chi connectivity index (χ0) is 14.3. The molecule has 104 valence electrons. The van der Waals surface area contributed by atoms with Crippen LogP contribution in [0.1, 0.15) is 23.6 Å². The zero-order valence-corrected chi connectivity index (χ0v) is 10.8. The van der Waals surface area contributed by atoms with E-state index in [1.165, 1.54) is 0 Å². The summed E-state index contributed by atoms with van der Waals surface area (Å²) in [5, 5.41) is 14.0. The lowest BCUT2D eigenvalue weighted by atomic mass is 10.0. The number of carbonyl (C=O) groups excluding carboxylic acids is 2. The van der Waals surface area contributed by atoms with Crippen LogP contribution in [0.2, 0.25) is 0 Å². The van der Waals surface area contributed by atoms with Crippen LogP contribution >= 0.6 is 0 Å². The van der Waals surface area contributed by atoms with Gasteiger partial charge >= 0.3 is 6.03 Å². The fourth-order valence-corrected chi connectivity index (χ4v) is 1.66. The predicted octanol–water partition coefficient (Wildman–Crippen LogP) is 0.203. The van der Waals surface area contributed by atoms with Gasteiger partial charge in [-0.25, -0.2) is 4.79 Å². The SMILES string of the molecule is Cc1ccc([C@H](CCO)NC(=O)CNC(N)=O)cc1. The molecule has 0 aliphatic rings. The number of urea groups is 1. The first-order chi connectivity index (χ1) is 9.02. The molecule has 0 radical (unpaired) electrons. The molecule has 1 rings (SSSR count). The Labute approximate surface area is 112 Å². The minimum Gasteiger partial charge on any atom is -0.396 e. The number of benzene rings is 1. The van der Waals surface area contributed by atoms with E-state index in [0.29, 0.717) is 6.42 Å². The summed E-state index contributed by atoms with van der Waals surface area (Å²) in [6.07, 6.45) is 0.408. The van der Waals surface area contributed by atoms with Crippen LogP contribution in [0.5, 0.6) is 0 Å². The molecule has 1 aromatic rings. The quantitative estimate of drug-likeness (QED) is 0.590. The van der Waals surface area contributed by atoms with E-state index in [0.717, 1.165) is 11.1 Å². The molecule has 0 spiro atoms. The summed E-state index contributed by atoms with van der Waals surface area (Å²) in [6, 6.07) is 6.65. The number of carbonyl (C=O) groups is 2. The largest absolute Gasteiger partial charge is 0.396 e. The average molecular weight is 265 g/mol. The summed E-state index contributed by atoms with van der Waals surface area (Å²) < 4.78 is 0. The molecule has 0 aromatic heterocycles. The first kappa shape index (κ1) is 15.0. The van der Waals surface area contributed by atoms with Gasteiger partial charge in [0.05, 0.1) is 12.6 Å². The van der Waals surface area contributed by atoms with E-state index in [1.807, 2.05) is 31.2 Å². The lowest BCUT2D eigenvalue weighted by molar-refractivity contribution is -0.120. The van der Waals surface area contributed by atoms with Crippen molar-refractivity contribution in [1.82, 2.24) is 10.6 Å². The van der Waals surface area contributed by atoms with E-state index < -0.39 is 6.03 Å². The fourth-order valence-electron chi connectivity index (χ4n) is 1.66. The van der Waals surface area contributed by atoms with Crippen LogP contribution in [-0.2, 0) is 4.79 Å². The molecule has 5 N–H and O–H groups in total. The van der Waals surface area contributed by atoms with Crippen LogP contribution in [0, 0.1) is 6.92 Å². The van der Waals surface area contributed by atoms with Crippen LogP contribution in [-0.4, -0.2) is 30.2 Å². The molecule has 0 fully saturated rings. The molecule has 0 heterocycles. The lowest BCUT2D eigenvalue weighted by Crippen LogP contribution is -2.40. The lowest BCUT2D eigenvalue weighted by Gasteiger charge is -2.18. The van der Waals surface area contributed by atoms with Crippen molar-refractivity contribution in [2.45, 2.75) is 19.4 Å². The number of aliphatic hydroxyl groups is 1. The number of amides is 3. The molecule has 3 amide bonds. The Morgan fingerprint density at radius 3 is 2.47 bits per heavy atom. The molecule has 0 bridgehead atoms. The normalized spacial score (nSPS) is 11.7. The van der Waals surface area contributed by atoms with Crippen LogP contribution in [0.15, 0.2) is 24.3 Å². The molecule has 0 saturated carbocycles. The van der Waals surface area contributed by atoms with Crippen molar-refractivity contribution >= 4 is 11.9 Å². The maximum Gasteiger partial charge on any atom is 0.312 e. The van der Waals surface area contributed by atoms with E-state index in [2.05, 4.69) is 10.6 Å². The summed E-state index contributed by atoms with van der Waals surface area (Å²) in [7, 11) is 0. The monoisotopic (exact) mass is 265 g/mol. The molecule has 0 aliphatic heterocycles. The second-order valence-corrected chi connectivity index (χ2v) is 4.26. The number of rotatable bonds is 6. The number of aryl methyl sites for hydroxylation is 1. The number of nitrogens with one attached hydrogen (secondary N) is 2. The Kier molecular flexibility index (Phi) is 5.81. The molecule has 0 saturated heterocycles. The standard InChI is InChI=1S/C13H19N3O3/c1-9-2-4-10(5-3-9)11(6-7-17)16-12(18)8-15-13(14)19/h2-5,11,17H,6-8H2,1H3,(H,16,18)(H3,14,15,19)/t11-/m0/s1. The summed E-state index contributed by atoms with van der Waals surface area (Å²) in [6.45, 7) is 1.76. The Balaban J connectivity index is 2.64. The second kappa shape index (κ2) is 7.38. The van der Waals surface area contributed by atoms with Gasteiger partial charge in [-0.2, -0.15) is 0 Å². The van der Waals surface area contributed by atoms with Gasteiger partial charge in [0, 0.05) is 6.61 Å². The van der Waals surface area contributed by atoms with Crippen molar-refractivity contribution in [1.29, 1.82) is 0 Å². The van der Waals surface area contributed by atoms with Crippen molar-refractivity contribution in [3.63, 3.8) is 0 Å². The molecule has 19 heavy (non-hydrogen) atoms. The Morgan fingerprint density at radius 1 is 1.32 bits per heavy atom. The van der Waals surface area contributed by atoms with Crippen LogP contribution in [0.3, 0.4) is 0 Å². The van der Waals surface area contributed by atoms with Gasteiger partial charge < -0.3 is 21.5 Å². The summed E-state index contributed by atoms with van der Waals surface area (Å²) >= 11 is 0. The molecule has 6 heteroatoms. The van der Waals surface area contributed by atoms with Gasteiger partial charge in [0.25, 0.3) is 0 Å². The third kappa shape index (κ3) is 5.39. The number of hydrogen-bond acceptors (Lipinski definition) is 3. The van der Waals surface area contributed by atoms with Gasteiger partial charge in [0.15, 0.2) is 0 Å². The first-order valence-corrected chi connectivity index (χ1v) is 6.03. The van der Waals surface area contributed by atoms with E-state index in [9.17, 15) is 9.59 Å². The highest BCUT2D eigenvalue weighted by molar-refractivity contribution is 5.83. The minimum absolute atomic E-state index is 0.0396. The third-order valence-electron chi connectivity index (χ3n) is 2.66. The van der Waals surface area contributed by atoms with E-state index in [1.54, 1.807) is 0 Å². The van der Waals surface area contributed by atoms with Gasteiger partial charge in [-0.1, -0.05) is 29.8 Å². The number of primary amides is 1. The van der Waals surface area contributed by atoms with E-state index in [-0.39, 0.29) is 25.1 Å². The van der Waals surface area contributed by atoms with Crippen molar-refractivity contribution in [2.24, 2.45) is 5.73 Å². The van der Waals surface area contributed by atoms with Crippen molar-refractivity contribution in [3.8, 4) is 0 Å². The van der Waals surface area contributed by atoms with Gasteiger partial charge in [0.1, 0.15) is 0 Å². The highest BCUT2D eigenvalue weighted by Crippen LogP contribution is 2.16. The first-order valence-electron chi connectivity index (χ1n) is 6.03. The maximum absolute atomic E-state index is 11.6. The van der Waals surface area contributed by atoms with Crippen molar-refractivity contribution in [2.75, 3.05) is 13.2 Å². The summed E-state index contributed by atoms with van der Waals surface area (Å²) in [5.41, 5.74) is 6.92. The van der Waals surface area contributed by atoms with Crippen LogP contribution in [0.4, 0.5) is 4.79 Å². The number of nitrogens with two attached hydrogens (primary N) is 1. The maximum atomic E-state index is 11.6. The number of hydrogen-bond donors (Lipinski definition) is 4. The molecule has 6 nitrogen and oxygen atoms in total. The second-order valence-electron chi connectivity index (χ2n) is 4.26. The zero-order valence-electron chi connectivity index (χ0n) is 10.8. The fraction of sp³-hybridized carbons (Fsp3) is 0.385. The Hall–Kier alpha value is -2.08. The molecular weight excluding hydrogens is 246 g/mol. The van der Waals surface area contributed by atoms with Crippen LogP contribution in [0.25, 0.3) is 0 Å². The van der Waals surface area contributed by atoms with Crippen molar-refractivity contribution < 1.29 is 14.7 Å². The molecular formula is C13H19N3O3. The van der Waals surface area contributed by atoms with Crippen molar-refractivity contribution in [3.05, 3.63) is 35.4 Å². The van der Waals surface area contributed by atoms with E-state index >= 15 is 0 Å². The minimum atomic E-state index is -0.746. The predicted molar refractivity (Wildman–Crippen MR) is 71.4 cm³/mol. The van der Waals surface area contributed by atoms with E-state index in [4.69, 9.17) is 10.8 Å². The summed E-state index contributed by atoms with van der Waals surface area (Å²) in [5.74, 6) is -0.349. The summed E-state index contributed by atoms with van der Waals surface area (Å²) in [4.78, 5) is 22.1. The van der Waals surface area contributed by atoms with Gasteiger partial charge in [0.2, 0.25) is 5.91 Å². The highest BCUT2D eigenvalue weighted by Gasteiger charge is 2.14. The van der Waals surface area contributed by atoms with Gasteiger partial charge in [-0.15, -0.1) is 0 Å². The average Bonchev–Trinajstić information content (AvgIpc) is 2.37. The topological polar surface area (TPSA) is 104 Å². The van der Waals surface area contributed by atoms with Crippen LogP contribution < -0.4 is 16.4 Å². The Bertz CT molecular complexity index is 431. The number of aliphatic hydroxyl groups excluding tert-OH is 1. The Morgan fingerprint density at radius 2 is 1.95 bits per heavy atom. The highest BCUT2D eigenvalue weighted by atomic mass is 16.3. The molecule has 1 aromatic carbocycles. The smallest absolute Gasteiger partial charge is 0.312 e. The molecule has 0 unspecified atom stereocenters. The third-order valence-corrected chi connectivity index (χ3v) is 2.66.